The Labute approximate surface area is 352 Å². The molecule has 4 unspecified atom stereocenters. The fourth-order valence-electron chi connectivity index (χ4n) is 6.92. The van der Waals surface area contributed by atoms with Crippen molar-refractivity contribution in [3.05, 3.63) is 82.4 Å². The van der Waals surface area contributed by atoms with Gasteiger partial charge in [-0.3, -0.25) is 19.2 Å². The average molecular weight is 866 g/mol. The van der Waals surface area contributed by atoms with Gasteiger partial charge < -0.3 is 35.3 Å². The van der Waals surface area contributed by atoms with Crippen LogP contribution in [-0.4, -0.2) is 151 Å². The van der Waals surface area contributed by atoms with Crippen molar-refractivity contribution < 1.29 is 29.1 Å². The van der Waals surface area contributed by atoms with Crippen LogP contribution in [0.2, 0.25) is 0 Å². The summed E-state index contributed by atoms with van der Waals surface area (Å²) in [5.41, 5.74) is 0.420. The Hall–Kier alpha value is -4.57. The second-order valence-corrected chi connectivity index (χ2v) is 16.4. The molecular formula is C43H61BrN8O6. The van der Waals surface area contributed by atoms with E-state index in [1.807, 2.05) is 32.0 Å². The van der Waals surface area contributed by atoms with Crippen LogP contribution in [0, 0.1) is 5.92 Å². The number of nitrogens with zero attached hydrogens (tertiary/aromatic N) is 6. The Morgan fingerprint density at radius 2 is 1.53 bits per heavy atom. The lowest BCUT2D eigenvalue weighted by Crippen LogP contribution is -2.45. The first-order valence-corrected chi connectivity index (χ1v) is 20.6. The first kappa shape index (κ1) is 47.8. The van der Waals surface area contributed by atoms with Crippen LogP contribution in [0.5, 0.6) is 0 Å². The number of aromatic nitrogens is 2. The molecule has 0 aliphatic carbocycles. The number of hydrogen-bond acceptors (Lipinski definition) is 10. The van der Waals surface area contributed by atoms with Gasteiger partial charge in [-0.05, 0) is 120 Å². The second kappa shape index (κ2) is 23.7. The van der Waals surface area contributed by atoms with E-state index in [9.17, 15) is 29.1 Å². The Morgan fingerprint density at radius 3 is 2.12 bits per heavy atom. The first-order chi connectivity index (χ1) is 27.6. The number of amides is 3. The zero-order chi connectivity index (χ0) is 42.9. The number of hydrogen-bond donors (Lipinski definition) is 3. The van der Waals surface area contributed by atoms with E-state index in [2.05, 4.69) is 74.1 Å². The Kier molecular flexibility index (Phi) is 19.6. The van der Waals surface area contributed by atoms with Crippen LogP contribution < -0.4 is 10.6 Å². The van der Waals surface area contributed by atoms with Crippen molar-refractivity contribution in [3.8, 4) is 11.1 Å². The van der Waals surface area contributed by atoms with Crippen molar-refractivity contribution in [2.45, 2.75) is 70.5 Å². The lowest BCUT2D eigenvalue weighted by Gasteiger charge is -2.27. The topological polar surface area (TPSA) is 168 Å². The number of carboxylic acid groups (broad SMARTS) is 1. The number of halogens is 1. The standard InChI is InChI=1S/C35H43BrN6O6.C8H18N2/c1-6-8-9-11-25(36)13-14-37-32(44)28-17-23(16-26(21-43)38-28)24-18-29(33(45)40-31(35(47)48)22(3)7-2)39-30(19-24)34(46)42-15-10-12-27(42)20-41(4)5;1-9(2)7-8-5-4-6-10(8)3/h6,8-9,11,16-19,21-22,27,31H,1,7,10,12-15,20H2,2-5H3,(H,37,44)(H,40,45)(H,47,48);8H,4-7H2,1-3H3/b9-8-,25-11+;. The molecule has 15 heteroatoms. The van der Waals surface area contributed by atoms with E-state index in [1.54, 1.807) is 30.1 Å². The first-order valence-electron chi connectivity index (χ1n) is 19.8. The molecule has 2 aromatic heterocycles. The summed E-state index contributed by atoms with van der Waals surface area (Å²) in [7, 11) is 10.4. The predicted molar refractivity (Wildman–Crippen MR) is 231 cm³/mol. The number of nitrogens with one attached hydrogen (secondary N) is 2. The summed E-state index contributed by atoms with van der Waals surface area (Å²) < 4.78 is 0.847. The highest BCUT2D eigenvalue weighted by molar-refractivity contribution is 9.11. The van der Waals surface area contributed by atoms with Crippen molar-refractivity contribution in [2.24, 2.45) is 5.92 Å². The zero-order valence-electron chi connectivity index (χ0n) is 35.0. The van der Waals surface area contributed by atoms with Gasteiger partial charge in [0.05, 0.1) is 0 Å². The van der Waals surface area contributed by atoms with Gasteiger partial charge in [-0.15, -0.1) is 0 Å². The number of allylic oxidation sites excluding steroid dienone is 4. The number of rotatable bonds is 18. The molecule has 58 heavy (non-hydrogen) atoms. The molecule has 0 saturated carbocycles. The summed E-state index contributed by atoms with van der Waals surface area (Å²) >= 11 is 3.45. The summed E-state index contributed by atoms with van der Waals surface area (Å²) in [6.07, 6.45) is 13.0. The molecule has 3 N–H and O–H groups in total. The Balaban J connectivity index is 0.000000781. The normalized spacial score (nSPS) is 18.2. The summed E-state index contributed by atoms with van der Waals surface area (Å²) in [6.45, 7) is 11.1. The highest BCUT2D eigenvalue weighted by Crippen LogP contribution is 2.26. The molecule has 3 amide bonds. The van der Waals surface area contributed by atoms with E-state index in [0.29, 0.717) is 43.3 Å². The van der Waals surface area contributed by atoms with Gasteiger partial charge in [0.25, 0.3) is 17.7 Å². The molecule has 2 saturated heterocycles. The van der Waals surface area contributed by atoms with Crippen LogP contribution in [0.15, 0.2) is 59.6 Å². The predicted octanol–water partition coefficient (Wildman–Crippen LogP) is 5.13. The molecule has 2 aromatic rings. The maximum atomic E-state index is 13.9. The van der Waals surface area contributed by atoms with Gasteiger partial charge in [0.2, 0.25) is 0 Å². The molecule has 4 heterocycles. The van der Waals surface area contributed by atoms with Crippen LogP contribution >= 0.6 is 15.9 Å². The molecule has 0 aromatic carbocycles. The molecule has 14 nitrogen and oxygen atoms in total. The van der Waals surface area contributed by atoms with E-state index >= 15 is 0 Å². The molecule has 2 aliphatic heterocycles. The number of aldehydes is 1. The van der Waals surface area contributed by atoms with Gasteiger partial charge in [0, 0.05) is 38.3 Å². The molecule has 316 valence electrons. The number of carbonyl (C=O) groups is 5. The highest BCUT2D eigenvalue weighted by atomic mass is 79.9. The third kappa shape index (κ3) is 14.7. The zero-order valence-corrected chi connectivity index (χ0v) is 36.6. The fourth-order valence-corrected chi connectivity index (χ4v) is 7.27. The van der Waals surface area contributed by atoms with Gasteiger partial charge in [0.15, 0.2) is 6.29 Å². The van der Waals surface area contributed by atoms with Crippen LogP contribution in [0.1, 0.15) is 94.3 Å². The Bertz CT molecular complexity index is 1810. The van der Waals surface area contributed by atoms with Crippen molar-refractivity contribution >= 4 is 45.9 Å². The van der Waals surface area contributed by atoms with Gasteiger partial charge in [-0.25, -0.2) is 14.8 Å². The van der Waals surface area contributed by atoms with E-state index in [4.69, 9.17) is 0 Å². The summed E-state index contributed by atoms with van der Waals surface area (Å²) in [6, 6.07) is 5.42. The molecule has 2 aliphatic rings. The number of carbonyl (C=O) groups excluding carboxylic acids is 4. The number of pyridine rings is 2. The average Bonchev–Trinajstić information content (AvgIpc) is 3.83. The lowest BCUT2D eigenvalue weighted by atomic mass is 9.98. The summed E-state index contributed by atoms with van der Waals surface area (Å²) in [5.74, 6) is -3.23. The monoisotopic (exact) mass is 864 g/mol. The lowest BCUT2D eigenvalue weighted by molar-refractivity contribution is -0.140. The largest absolute Gasteiger partial charge is 0.480 e. The number of aliphatic carboxylic acids is 1. The third-order valence-electron chi connectivity index (χ3n) is 10.2. The van der Waals surface area contributed by atoms with Gasteiger partial charge >= 0.3 is 5.97 Å². The molecular weight excluding hydrogens is 804 g/mol. The van der Waals surface area contributed by atoms with Crippen molar-refractivity contribution in [2.75, 3.05) is 68.0 Å². The van der Waals surface area contributed by atoms with Gasteiger partial charge in [-0.1, -0.05) is 67.1 Å². The third-order valence-corrected chi connectivity index (χ3v) is 10.9. The summed E-state index contributed by atoms with van der Waals surface area (Å²) in [4.78, 5) is 81.4. The molecule has 0 radical (unpaired) electrons. The van der Waals surface area contributed by atoms with Crippen molar-refractivity contribution in [1.82, 2.24) is 40.2 Å². The number of carboxylic acids is 1. The highest BCUT2D eigenvalue weighted by Gasteiger charge is 2.32. The molecule has 0 spiro atoms. The molecule has 2 fully saturated rings. The smallest absolute Gasteiger partial charge is 0.326 e. The van der Waals surface area contributed by atoms with E-state index in [0.717, 1.165) is 23.4 Å². The van der Waals surface area contributed by atoms with E-state index < -0.39 is 23.8 Å². The van der Waals surface area contributed by atoms with Crippen LogP contribution in [0.4, 0.5) is 0 Å². The van der Waals surface area contributed by atoms with Crippen LogP contribution in [0.3, 0.4) is 0 Å². The van der Waals surface area contributed by atoms with E-state index in [-0.39, 0.29) is 47.2 Å². The van der Waals surface area contributed by atoms with Gasteiger partial charge in [0.1, 0.15) is 28.8 Å². The Morgan fingerprint density at radius 1 is 0.931 bits per heavy atom. The quantitative estimate of drug-likeness (QED) is 0.134. The number of likely N-dealkylation sites (tertiary alicyclic amines) is 2. The molecule has 0 bridgehead atoms. The fraction of sp³-hybridized carbons (Fsp3) is 0.512. The maximum Gasteiger partial charge on any atom is 0.326 e. The SMILES string of the molecule is C=C/C=C\C=C(\Br)CCNC(=O)c1cc(-c2cc(C(=O)NC(C(=O)O)C(C)CC)nc(C(=O)N3CCCC3CN(C)C)c2)cc(C=O)n1.CN(C)CC1CCCN1C. The number of likely N-dealkylation sites (N-methyl/N-ethyl adjacent to an activating group) is 3. The minimum Gasteiger partial charge on any atom is -0.480 e. The van der Waals surface area contributed by atoms with Gasteiger partial charge in [-0.2, -0.15) is 0 Å². The minimum absolute atomic E-state index is 0.0173. The van der Waals surface area contributed by atoms with Crippen LogP contribution in [0.25, 0.3) is 11.1 Å². The van der Waals surface area contributed by atoms with Crippen molar-refractivity contribution in [1.29, 1.82) is 0 Å². The molecule has 4 rings (SSSR count). The maximum absolute atomic E-state index is 13.9. The second-order valence-electron chi connectivity index (χ2n) is 15.4. The minimum atomic E-state index is -1.19. The van der Waals surface area contributed by atoms with Crippen molar-refractivity contribution in [3.63, 3.8) is 0 Å². The summed E-state index contributed by atoms with van der Waals surface area (Å²) in [5, 5.41) is 15.1. The molecule has 4 atom stereocenters. The van der Waals surface area contributed by atoms with E-state index in [1.165, 1.54) is 50.2 Å². The van der Waals surface area contributed by atoms with Crippen LogP contribution in [-0.2, 0) is 4.79 Å².